The molecule has 4 heteroatoms. The molecule has 0 aliphatic heterocycles. The van der Waals surface area contributed by atoms with E-state index in [1.54, 1.807) is 18.5 Å². The first-order chi connectivity index (χ1) is 10.7. The Kier molecular flexibility index (Phi) is 4.19. The molecule has 1 saturated carbocycles. The van der Waals surface area contributed by atoms with Crippen molar-refractivity contribution in [2.75, 3.05) is 6.54 Å². The number of hydrogen-bond donors (Lipinski definition) is 1. The number of nitrogens with zero attached hydrogens (tertiary/aromatic N) is 1. The second-order valence-electron chi connectivity index (χ2n) is 6.50. The summed E-state index contributed by atoms with van der Waals surface area (Å²) in [6.45, 7) is 5.25. The van der Waals surface area contributed by atoms with Crippen LogP contribution in [-0.4, -0.2) is 17.4 Å². The van der Waals surface area contributed by atoms with Gasteiger partial charge in [0.1, 0.15) is 0 Å². The zero-order valence-electron chi connectivity index (χ0n) is 13.4. The van der Waals surface area contributed by atoms with E-state index in [0.717, 1.165) is 11.9 Å². The van der Waals surface area contributed by atoms with Crippen LogP contribution in [0.3, 0.4) is 0 Å². The minimum Gasteiger partial charge on any atom is -0.449 e. The quantitative estimate of drug-likeness (QED) is 0.835. The van der Waals surface area contributed by atoms with E-state index in [1.165, 1.54) is 32.1 Å². The van der Waals surface area contributed by atoms with Gasteiger partial charge < -0.3 is 9.73 Å². The smallest absolute Gasteiger partial charge is 0.287 e. The maximum atomic E-state index is 12.2. The average molecular weight is 300 g/mol. The Morgan fingerprint density at radius 2 is 2.18 bits per heavy atom. The number of hydrogen-bond acceptors (Lipinski definition) is 3. The van der Waals surface area contributed by atoms with Crippen molar-refractivity contribution >= 4 is 16.9 Å². The van der Waals surface area contributed by atoms with Crippen LogP contribution in [0.2, 0.25) is 0 Å². The molecule has 118 valence electrons. The number of rotatable bonds is 7. The number of carbonyl (C=O) groups excluding carboxylic acids is 1. The highest BCUT2D eigenvalue weighted by molar-refractivity contribution is 5.95. The predicted octanol–water partition coefficient (Wildman–Crippen LogP) is 4.16. The molecule has 0 radical (unpaired) electrons. The highest BCUT2D eigenvalue weighted by Gasteiger charge is 2.51. The molecule has 1 aliphatic rings. The first-order valence-corrected chi connectivity index (χ1v) is 8.30. The average Bonchev–Trinajstić information content (AvgIpc) is 3.00. The summed E-state index contributed by atoms with van der Waals surface area (Å²) in [5, 5.41) is 3.96. The molecular weight excluding hydrogens is 276 g/mol. The van der Waals surface area contributed by atoms with Crippen molar-refractivity contribution in [1.82, 2.24) is 10.3 Å². The molecule has 0 bridgehead atoms. The summed E-state index contributed by atoms with van der Waals surface area (Å²) < 4.78 is 5.55. The molecule has 3 rings (SSSR count). The van der Waals surface area contributed by atoms with Crippen molar-refractivity contribution in [2.24, 2.45) is 11.3 Å². The lowest BCUT2D eigenvalue weighted by Crippen LogP contribution is -2.26. The zero-order valence-corrected chi connectivity index (χ0v) is 13.4. The monoisotopic (exact) mass is 300 g/mol. The Hall–Kier alpha value is -1.84. The molecule has 1 fully saturated rings. The molecule has 0 saturated heterocycles. The molecule has 2 aromatic heterocycles. The number of pyridine rings is 1. The third kappa shape index (κ3) is 2.87. The Morgan fingerprint density at radius 3 is 2.86 bits per heavy atom. The van der Waals surface area contributed by atoms with E-state index in [2.05, 4.69) is 24.1 Å². The largest absolute Gasteiger partial charge is 0.449 e. The van der Waals surface area contributed by atoms with Gasteiger partial charge in [-0.3, -0.25) is 9.78 Å². The van der Waals surface area contributed by atoms with Crippen molar-refractivity contribution in [2.45, 2.75) is 46.0 Å². The maximum Gasteiger partial charge on any atom is 0.287 e. The van der Waals surface area contributed by atoms with Crippen molar-refractivity contribution in [3.63, 3.8) is 0 Å². The van der Waals surface area contributed by atoms with Crippen molar-refractivity contribution in [3.8, 4) is 0 Å². The lowest BCUT2D eigenvalue weighted by molar-refractivity contribution is 0.0924. The predicted molar refractivity (Wildman–Crippen MR) is 86.7 cm³/mol. The summed E-state index contributed by atoms with van der Waals surface area (Å²) in [6.07, 6.45) is 9.59. The maximum absolute atomic E-state index is 12.2. The minimum absolute atomic E-state index is 0.120. The van der Waals surface area contributed by atoms with Gasteiger partial charge in [0.15, 0.2) is 11.3 Å². The first kappa shape index (κ1) is 15.1. The number of fused-ring (bicyclic) bond motifs is 1. The van der Waals surface area contributed by atoms with E-state index in [9.17, 15) is 4.79 Å². The third-order valence-corrected chi connectivity index (χ3v) is 4.91. The van der Waals surface area contributed by atoms with Crippen LogP contribution in [0.25, 0.3) is 11.0 Å². The highest BCUT2D eigenvalue weighted by Crippen LogP contribution is 2.58. The number of aromatic nitrogens is 1. The van der Waals surface area contributed by atoms with Crippen LogP contribution < -0.4 is 5.32 Å². The molecule has 0 spiro atoms. The van der Waals surface area contributed by atoms with Gasteiger partial charge in [0.25, 0.3) is 5.91 Å². The van der Waals surface area contributed by atoms with Crippen molar-refractivity contribution in [3.05, 3.63) is 30.3 Å². The SMILES string of the molecule is CCCC1(CCC)CC1CNC(=O)c1cc2ccncc2o1. The van der Waals surface area contributed by atoms with Crippen molar-refractivity contribution < 1.29 is 9.21 Å². The van der Waals surface area contributed by atoms with E-state index >= 15 is 0 Å². The molecule has 1 atom stereocenters. The van der Waals surface area contributed by atoms with Crippen LogP contribution in [0.15, 0.2) is 28.9 Å². The van der Waals surface area contributed by atoms with Gasteiger partial charge >= 0.3 is 0 Å². The fourth-order valence-corrected chi connectivity index (χ4v) is 3.75. The summed E-state index contributed by atoms with van der Waals surface area (Å²) in [7, 11) is 0. The van der Waals surface area contributed by atoms with Crippen LogP contribution >= 0.6 is 0 Å². The summed E-state index contributed by atoms with van der Waals surface area (Å²) in [5.74, 6) is 0.882. The van der Waals surface area contributed by atoms with Crippen LogP contribution in [0.5, 0.6) is 0 Å². The van der Waals surface area contributed by atoms with E-state index in [-0.39, 0.29) is 5.91 Å². The number of nitrogens with one attached hydrogen (secondary N) is 1. The summed E-state index contributed by atoms with van der Waals surface area (Å²) >= 11 is 0. The fourth-order valence-electron chi connectivity index (χ4n) is 3.75. The van der Waals surface area contributed by atoms with Crippen LogP contribution in [-0.2, 0) is 0 Å². The standard InChI is InChI=1S/C18H24N2O2/c1-3-6-18(7-4-2)10-14(18)11-20-17(21)15-9-13-5-8-19-12-16(13)22-15/h5,8-9,12,14H,3-4,6-7,10-11H2,1-2H3,(H,20,21). The Labute approximate surface area is 131 Å². The van der Waals surface area contributed by atoms with Crippen molar-refractivity contribution in [1.29, 1.82) is 0 Å². The second kappa shape index (κ2) is 6.11. The number of furan rings is 1. The second-order valence-corrected chi connectivity index (χ2v) is 6.50. The topological polar surface area (TPSA) is 55.1 Å². The summed E-state index contributed by atoms with van der Waals surface area (Å²) in [5.41, 5.74) is 1.14. The van der Waals surface area contributed by atoms with Crippen LogP contribution in [0.4, 0.5) is 0 Å². The normalized spacial score (nSPS) is 19.3. The fraction of sp³-hybridized carbons (Fsp3) is 0.556. The van der Waals surface area contributed by atoms with Crippen LogP contribution in [0.1, 0.15) is 56.5 Å². The highest BCUT2D eigenvalue weighted by atomic mass is 16.3. The summed E-state index contributed by atoms with van der Waals surface area (Å²) in [6, 6.07) is 3.63. The molecule has 4 nitrogen and oxygen atoms in total. The van der Waals surface area contributed by atoms with Crippen LogP contribution in [0, 0.1) is 11.3 Å². The molecular formula is C18H24N2O2. The Balaban J connectivity index is 1.59. The molecule has 2 aromatic rings. The molecule has 2 heterocycles. The Bertz CT molecular complexity index is 623. The van der Waals surface area contributed by atoms with Gasteiger partial charge in [-0.15, -0.1) is 0 Å². The lowest BCUT2D eigenvalue weighted by Gasteiger charge is -2.15. The van der Waals surface area contributed by atoms with Gasteiger partial charge in [-0.1, -0.05) is 26.7 Å². The van der Waals surface area contributed by atoms with Gasteiger partial charge in [0.05, 0.1) is 6.20 Å². The van der Waals surface area contributed by atoms with E-state index < -0.39 is 0 Å². The lowest BCUT2D eigenvalue weighted by atomic mass is 9.92. The number of amides is 1. The van der Waals surface area contributed by atoms with Gasteiger partial charge in [-0.25, -0.2) is 0 Å². The van der Waals surface area contributed by atoms with Gasteiger partial charge in [-0.2, -0.15) is 0 Å². The van der Waals surface area contributed by atoms with E-state index in [0.29, 0.717) is 22.7 Å². The van der Waals surface area contributed by atoms with E-state index in [4.69, 9.17) is 4.42 Å². The summed E-state index contributed by atoms with van der Waals surface area (Å²) in [4.78, 5) is 16.3. The zero-order chi connectivity index (χ0) is 15.6. The van der Waals surface area contributed by atoms with E-state index in [1.807, 2.05) is 6.07 Å². The van der Waals surface area contributed by atoms with Gasteiger partial charge in [0.2, 0.25) is 0 Å². The molecule has 22 heavy (non-hydrogen) atoms. The molecule has 1 amide bonds. The van der Waals surface area contributed by atoms with Gasteiger partial charge in [-0.05, 0) is 42.7 Å². The molecule has 1 N–H and O–H groups in total. The molecule has 1 unspecified atom stereocenters. The third-order valence-electron chi connectivity index (χ3n) is 4.91. The molecule has 0 aromatic carbocycles. The minimum atomic E-state index is -0.120. The molecule has 1 aliphatic carbocycles. The Morgan fingerprint density at radius 1 is 1.41 bits per heavy atom. The number of carbonyl (C=O) groups is 1. The first-order valence-electron chi connectivity index (χ1n) is 8.30. The van der Waals surface area contributed by atoms with Gasteiger partial charge in [0, 0.05) is 18.1 Å².